The molecule has 0 saturated carbocycles. The smallest absolute Gasteiger partial charge is 0.340 e. The molecule has 3 aliphatic heterocycles. The predicted molar refractivity (Wildman–Crippen MR) is 149 cm³/mol. The quantitative estimate of drug-likeness (QED) is 0.318. The number of hydrogen-bond donors (Lipinski definition) is 4. The highest BCUT2D eigenvalue weighted by Gasteiger charge is 2.50. The van der Waals surface area contributed by atoms with Gasteiger partial charge in [-0.25, -0.2) is 0 Å². The van der Waals surface area contributed by atoms with E-state index in [0.29, 0.717) is 43.5 Å². The van der Waals surface area contributed by atoms with Gasteiger partial charge in [-0.15, -0.1) is 11.3 Å². The number of nitrogens with one attached hydrogen (secondary N) is 2. The van der Waals surface area contributed by atoms with E-state index in [9.17, 15) is 27.7 Å². The summed E-state index contributed by atoms with van der Waals surface area (Å²) < 4.78 is 40.2. The fourth-order valence-corrected chi connectivity index (χ4v) is 7.68. The van der Waals surface area contributed by atoms with Crippen LogP contribution in [0.4, 0.5) is 8.78 Å². The molecule has 0 radical (unpaired) electrons. The lowest BCUT2D eigenvalue weighted by atomic mass is 9.98. The highest BCUT2D eigenvalue weighted by molar-refractivity contribution is 7.52. The zero-order chi connectivity index (χ0) is 29.8. The molecule has 15 heteroatoms. The average molecular weight is 622 g/mol. The molecule has 2 aromatic heterocycles. The molecule has 3 atom stereocenters. The third kappa shape index (κ3) is 5.14. The number of carbonyl (C=O) groups excluding carboxylic acids is 3. The molecule has 42 heavy (non-hydrogen) atoms. The van der Waals surface area contributed by atoms with Crippen LogP contribution >= 0.6 is 18.9 Å². The lowest BCUT2D eigenvalue weighted by Gasteiger charge is -2.37. The number of H-pyrrole nitrogens is 1. The van der Waals surface area contributed by atoms with E-state index >= 15 is 0 Å². The number of halogens is 2. The number of fused-ring (bicyclic) bond motifs is 3. The first-order valence-corrected chi connectivity index (χ1v) is 16.3. The number of nitrogens with zero attached hydrogens (tertiary/aromatic N) is 3. The van der Waals surface area contributed by atoms with Gasteiger partial charge < -0.3 is 24.9 Å². The van der Waals surface area contributed by atoms with Gasteiger partial charge in [0.25, 0.3) is 5.91 Å². The molecule has 0 bridgehead atoms. The fraction of sp³-hybridized carbons (Fsp3) is 0.481. The minimum Gasteiger partial charge on any atom is -0.340 e. The van der Waals surface area contributed by atoms with Gasteiger partial charge >= 0.3 is 13.3 Å². The van der Waals surface area contributed by atoms with Gasteiger partial charge in [-0.1, -0.05) is 18.9 Å². The van der Waals surface area contributed by atoms with E-state index in [1.54, 1.807) is 16.0 Å². The molecule has 3 aliphatic rings. The van der Waals surface area contributed by atoms with Gasteiger partial charge in [-0.3, -0.25) is 24.0 Å². The summed E-state index contributed by atoms with van der Waals surface area (Å²) in [4.78, 5) is 62.6. The fourth-order valence-electron chi connectivity index (χ4n) is 6.26. The van der Waals surface area contributed by atoms with Crippen molar-refractivity contribution < 1.29 is 37.5 Å². The molecule has 224 valence electrons. The second-order valence-electron chi connectivity index (χ2n) is 11.1. The molecule has 0 unspecified atom stereocenters. The molecular formula is C27H30F2N5O6PS. The van der Waals surface area contributed by atoms with Crippen LogP contribution in [0.2, 0.25) is 0 Å². The summed E-state index contributed by atoms with van der Waals surface area (Å²) in [5.41, 5.74) is -3.24. The minimum absolute atomic E-state index is 0.0860. The Bertz CT molecular complexity index is 1600. The number of rotatable bonds is 5. The van der Waals surface area contributed by atoms with Crippen LogP contribution in [0.5, 0.6) is 0 Å². The van der Waals surface area contributed by atoms with Gasteiger partial charge in [0.15, 0.2) is 0 Å². The van der Waals surface area contributed by atoms with Gasteiger partial charge in [0.2, 0.25) is 11.8 Å². The number of alkyl halides is 2. The third-order valence-electron chi connectivity index (χ3n) is 8.50. The lowest BCUT2D eigenvalue weighted by Crippen LogP contribution is -2.57. The SMILES string of the molecule is O=C(N[C@H]1CCCC[C@H]2CC[C@@H](C(=O)N3CCc4cn[nH]c4C3)N2C1=O)c1cc2cc(C(F)(F)P(=O)(O)O)ccc2s1. The maximum Gasteiger partial charge on any atom is 0.399 e. The molecule has 2 saturated heterocycles. The summed E-state index contributed by atoms with van der Waals surface area (Å²) in [6, 6.07) is 2.99. The van der Waals surface area contributed by atoms with E-state index in [1.165, 1.54) is 12.1 Å². The Kier molecular flexibility index (Phi) is 7.45. The van der Waals surface area contributed by atoms with Crippen molar-refractivity contribution in [1.29, 1.82) is 0 Å². The van der Waals surface area contributed by atoms with Crippen molar-refractivity contribution >= 4 is 46.7 Å². The number of thiophene rings is 1. The van der Waals surface area contributed by atoms with Crippen LogP contribution in [-0.4, -0.2) is 72.2 Å². The van der Waals surface area contributed by atoms with Crippen LogP contribution in [0.1, 0.15) is 65.0 Å². The first kappa shape index (κ1) is 28.9. The molecule has 2 fully saturated rings. The highest BCUT2D eigenvalue weighted by atomic mass is 32.1. The summed E-state index contributed by atoms with van der Waals surface area (Å²) in [6.07, 6.45) is 6.49. The van der Waals surface area contributed by atoms with Crippen LogP contribution in [-0.2, 0) is 32.8 Å². The van der Waals surface area contributed by atoms with Crippen molar-refractivity contribution in [3.05, 3.63) is 52.2 Å². The Labute approximate surface area is 243 Å². The van der Waals surface area contributed by atoms with E-state index in [4.69, 9.17) is 9.79 Å². The zero-order valence-electron chi connectivity index (χ0n) is 22.5. The third-order valence-corrected chi connectivity index (χ3v) is 10.6. The van der Waals surface area contributed by atoms with E-state index in [0.717, 1.165) is 54.0 Å². The monoisotopic (exact) mass is 621 g/mol. The van der Waals surface area contributed by atoms with E-state index < -0.39 is 36.8 Å². The van der Waals surface area contributed by atoms with Crippen LogP contribution in [0.3, 0.4) is 0 Å². The molecule has 1 aromatic carbocycles. The Morgan fingerprint density at radius 2 is 1.93 bits per heavy atom. The van der Waals surface area contributed by atoms with Crippen LogP contribution < -0.4 is 5.32 Å². The first-order chi connectivity index (χ1) is 19.9. The molecule has 0 aliphatic carbocycles. The molecule has 0 spiro atoms. The minimum atomic E-state index is -5.74. The zero-order valence-corrected chi connectivity index (χ0v) is 24.2. The van der Waals surface area contributed by atoms with Gasteiger partial charge in [0, 0.05) is 22.8 Å². The molecular weight excluding hydrogens is 591 g/mol. The highest BCUT2D eigenvalue weighted by Crippen LogP contribution is 2.59. The largest absolute Gasteiger partial charge is 0.399 e. The molecule has 5 heterocycles. The van der Waals surface area contributed by atoms with E-state index in [-0.39, 0.29) is 28.1 Å². The van der Waals surface area contributed by atoms with Crippen molar-refractivity contribution in [2.75, 3.05) is 6.54 Å². The summed E-state index contributed by atoms with van der Waals surface area (Å²) >= 11 is 1.03. The van der Waals surface area contributed by atoms with E-state index in [2.05, 4.69) is 15.5 Å². The van der Waals surface area contributed by atoms with Gasteiger partial charge in [-0.2, -0.15) is 13.9 Å². The predicted octanol–water partition coefficient (Wildman–Crippen LogP) is 3.47. The molecule has 3 aromatic rings. The Balaban J connectivity index is 1.20. The molecule has 3 amide bonds. The van der Waals surface area contributed by atoms with Crippen molar-refractivity contribution in [1.82, 2.24) is 25.3 Å². The van der Waals surface area contributed by atoms with Crippen LogP contribution in [0.15, 0.2) is 30.5 Å². The van der Waals surface area contributed by atoms with Crippen molar-refractivity contribution in [2.24, 2.45) is 0 Å². The molecule has 11 nitrogen and oxygen atoms in total. The molecule has 6 rings (SSSR count). The number of amides is 3. The van der Waals surface area contributed by atoms with E-state index in [1.807, 2.05) is 0 Å². The number of carbonyl (C=O) groups is 3. The number of benzene rings is 1. The summed E-state index contributed by atoms with van der Waals surface area (Å²) in [5.74, 6) is -0.961. The van der Waals surface area contributed by atoms with Crippen molar-refractivity contribution in [3.63, 3.8) is 0 Å². The van der Waals surface area contributed by atoms with Gasteiger partial charge in [0.05, 0.1) is 23.3 Å². The summed E-state index contributed by atoms with van der Waals surface area (Å²) in [5, 5.41) is 10.1. The Hall–Kier alpha value is -3.19. The van der Waals surface area contributed by atoms with Crippen molar-refractivity contribution in [2.45, 2.75) is 75.3 Å². The molecule has 4 N–H and O–H groups in total. The average Bonchev–Trinajstić information content (AvgIpc) is 3.69. The first-order valence-electron chi connectivity index (χ1n) is 13.8. The topological polar surface area (TPSA) is 156 Å². The second kappa shape index (κ2) is 10.8. The normalized spacial score (nSPS) is 23.3. The van der Waals surface area contributed by atoms with Gasteiger partial charge in [-0.05, 0) is 61.3 Å². The standard InChI is InChI=1S/C27H30F2N5O6PS/c28-27(29,41(38,39)40)17-5-8-22-16(11-17)12-23(42-22)24(35)31-19-4-2-1-3-18-6-7-21(34(18)25(19)36)26(37)33-10-9-15-13-30-32-20(15)14-33/h5,8,11-13,18-19,21H,1-4,6-7,9-10,14H2,(H,30,32)(H,31,35)(H2,38,39,40)/t18-,19-,21-/m0/s1. The number of hydrogen-bond acceptors (Lipinski definition) is 6. The van der Waals surface area contributed by atoms with Crippen LogP contribution in [0, 0.1) is 0 Å². The summed E-state index contributed by atoms with van der Waals surface area (Å²) in [7, 11) is -5.74. The number of aromatic nitrogens is 2. The Morgan fingerprint density at radius 1 is 1.14 bits per heavy atom. The summed E-state index contributed by atoms with van der Waals surface area (Å²) in [6.45, 7) is 0.952. The van der Waals surface area contributed by atoms with Crippen molar-refractivity contribution in [3.8, 4) is 0 Å². The Morgan fingerprint density at radius 3 is 2.71 bits per heavy atom. The number of aromatic amines is 1. The van der Waals surface area contributed by atoms with Crippen LogP contribution in [0.25, 0.3) is 10.1 Å². The lowest BCUT2D eigenvalue weighted by molar-refractivity contribution is -0.147. The maximum atomic E-state index is 14.2. The van der Waals surface area contributed by atoms with Gasteiger partial charge in [0.1, 0.15) is 12.1 Å². The second-order valence-corrected chi connectivity index (χ2v) is 13.9. The maximum absolute atomic E-state index is 14.2.